The minimum absolute atomic E-state index is 0.263. The van der Waals surface area contributed by atoms with E-state index in [1.807, 2.05) is 0 Å². The van der Waals surface area contributed by atoms with E-state index in [1.54, 1.807) is 0 Å². The highest BCUT2D eigenvalue weighted by Crippen LogP contribution is 2.23. The van der Waals surface area contributed by atoms with Crippen molar-refractivity contribution in [3.8, 4) is 0 Å². The Labute approximate surface area is 69.0 Å². The van der Waals surface area contributed by atoms with Gasteiger partial charge in [-0.1, -0.05) is 6.42 Å². The van der Waals surface area contributed by atoms with Gasteiger partial charge in [0, 0.05) is 6.42 Å². The van der Waals surface area contributed by atoms with Crippen molar-refractivity contribution in [3.05, 3.63) is 11.4 Å². The van der Waals surface area contributed by atoms with Crippen LogP contribution < -0.4 is 0 Å². The molecule has 0 aromatic heterocycles. The van der Waals surface area contributed by atoms with Crippen molar-refractivity contribution >= 4 is 0 Å². The fourth-order valence-corrected chi connectivity index (χ4v) is 1.84. The standard InChI is InChI=1S/C9H16N2/c1-10-8-6-4-5-7-9(8)11(2)3/h8-9H,4-7H2,2-3H3. The molecule has 0 amide bonds. The first-order valence-electron chi connectivity index (χ1n) is 4.28. The van der Waals surface area contributed by atoms with E-state index >= 15 is 0 Å². The number of hydrogen-bond donors (Lipinski definition) is 0. The summed E-state index contributed by atoms with van der Waals surface area (Å²) in [6.45, 7) is 7.02. The van der Waals surface area contributed by atoms with Crippen LogP contribution in [0.4, 0.5) is 0 Å². The van der Waals surface area contributed by atoms with E-state index in [2.05, 4.69) is 23.8 Å². The molecule has 0 saturated heterocycles. The molecule has 2 nitrogen and oxygen atoms in total. The summed E-state index contributed by atoms with van der Waals surface area (Å²) in [7, 11) is 4.16. The maximum Gasteiger partial charge on any atom is 0.238 e. The summed E-state index contributed by atoms with van der Waals surface area (Å²) in [5.41, 5.74) is 0. The van der Waals surface area contributed by atoms with Gasteiger partial charge in [0.2, 0.25) is 6.04 Å². The Morgan fingerprint density at radius 1 is 1.27 bits per heavy atom. The zero-order valence-electron chi connectivity index (χ0n) is 7.38. The Bertz CT molecular complexity index is 157. The van der Waals surface area contributed by atoms with E-state index in [9.17, 15) is 0 Å². The molecule has 1 rings (SSSR count). The molecule has 0 aromatic rings. The van der Waals surface area contributed by atoms with Crippen molar-refractivity contribution in [2.45, 2.75) is 37.8 Å². The van der Waals surface area contributed by atoms with Gasteiger partial charge < -0.3 is 4.85 Å². The second-order valence-electron chi connectivity index (χ2n) is 3.51. The monoisotopic (exact) mass is 152 g/mol. The Morgan fingerprint density at radius 3 is 2.36 bits per heavy atom. The molecule has 1 aliphatic rings. The van der Waals surface area contributed by atoms with Gasteiger partial charge in [-0.05, 0) is 26.9 Å². The number of hydrogen-bond acceptors (Lipinski definition) is 1. The number of nitrogens with zero attached hydrogens (tertiary/aromatic N) is 2. The van der Waals surface area contributed by atoms with Crippen molar-refractivity contribution in [1.29, 1.82) is 0 Å². The summed E-state index contributed by atoms with van der Waals surface area (Å²) in [5, 5.41) is 0. The van der Waals surface area contributed by atoms with E-state index in [4.69, 9.17) is 6.57 Å². The minimum atomic E-state index is 0.263. The van der Waals surface area contributed by atoms with E-state index in [0.29, 0.717) is 6.04 Å². The molecule has 0 spiro atoms. The molecular formula is C9H16N2. The molecule has 2 atom stereocenters. The van der Waals surface area contributed by atoms with Crippen LogP contribution in [0.1, 0.15) is 25.7 Å². The second-order valence-corrected chi connectivity index (χ2v) is 3.51. The highest BCUT2D eigenvalue weighted by molar-refractivity contribution is 4.93. The molecule has 62 valence electrons. The van der Waals surface area contributed by atoms with E-state index in [1.165, 1.54) is 19.3 Å². The molecule has 11 heavy (non-hydrogen) atoms. The van der Waals surface area contributed by atoms with Crippen LogP contribution in [0.2, 0.25) is 0 Å². The lowest BCUT2D eigenvalue weighted by Crippen LogP contribution is -2.39. The van der Waals surface area contributed by atoms with Crippen molar-refractivity contribution in [2.75, 3.05) is 14.1 Å². The summed E-state index contributed by atoms with van der Waals surface area (Å²) in [6, 6.07) is 0.778. The van der Waals surface area contributed by atoms with Crippen molar-refractivity contribution < 1.29 is 0 Å². The smallest absolute Gasteiger partial charge is 0.238 e. The molecule has 1 fully saturated rings. The Hall–Kier alpha value is -0.550. The summed E-state index contributed by atoms with van der Waals surface area (Å²) in [5.74, 6) is 0. The van der Waals surface area contributed by atoms with Crippen LogP contribution in [0, 0.1) is 6.57 Å². The van der Waals surface area contributed by atoms with Crippen molar-refractivity contribution in [3.63, 3.8) is 0 Å². The van der Waals surface area contributed by atoms with Gasteiger partial charge in [-0.25, -0.2) is 6.57 Å². The SMILES string of the molecule is [C-]#[N+]C1CCCCC1N(C)C. The van der Waals surface area contributed by atoms with Gasteiger partial charge in [-0.15, -0.1) is 0 Å². The van der Waals surface area contributed by atoms with Gasteiger partial charge in [0.05, 0.1) is 6.04 Å². The van der Waals surface area contributed by atoms with Crippen LogP contribution in [0.15, 0.2) is 0 Å². The van der Waals surface area contributed by atoms with Gasteiger partial charge in [-0.2, -0.15) is 0 Å². The summed E-state index contributed by atoms with van der Waals surface area (Å²) >= 11 is 0. The van der Waals surface area contributed by atoms with Crippen LogP contribution in [-0.4, -0.2) is 31.1 Å². The Morgan fingerprint density at radius 2 is 1.91 bits per heavy atom. The van der Waals surface area contributed by atoms with Crippen molar-refractivity contribution in [2.24, 2.45) is 0 Å². The summed E-state index contributed by atoms with van der Waals surface area (Å²) in [4.78, 5) is 5.85. The molecule has 0 aromatic carbocycles. The van der Waals surface area contributed by atoms with Crippen molar-refractivity contribution in [1.82, 2.24) is 4.90 Å². The molecule has 1 aliphatic carbocycles. The quantitative estimate of drug-likeness (QED) is 0.520. The van der Waals surface area contributed by atoms with Crippen LogP contribution in [0.25, 0.3) is 4.85 Å². The number of rotatable bonds is 1. The molecule has 0 N–H and O–H groups in total. The number of likely N-dealkylation sites (N-methyl/N-ethyl adjacent to an activating group) is 1. The van der Waals surface area contributed by atoms with Gasteiger partial charge >= 0.3 is 0 Å². The van der Waals surface area contributed by atoms with Crippen LogP contribution >= 0.6 is 0 Å². The van der Waals surface area contributed by atoms with Gasteiger partial charge in [0.1, 0.15) is 0 Å². The molecule has 0 aliphatic heterocycles. The topological polar surface area (TPSA) is 7.60 Å². The minimum Gasteiger partial charge on any atom is -0.312 e. The Kier molecular flexibility index (Phi) is 2.90. The van der Waals surface area contributed by atoms with E-state index < -0.39 is 0 Å². The van der Waals surface area contributed by atoms with E-state index in [-0.39, 0.29) is 6.04 Å². The zero-order valence-corrected chi connectivity index (χ0v) is 7.38. The predicted molar refractivity (Wildman–Crippen MR) is 46.3 cm³/mol. The molecule has 0 bridgehead atoms. The Balaban J connectivity index is 2.53. The molecular weight excluding hydrogens is 136 g/mol. The van der Waals surface area contributed by atoms with Crippen LogP contribution in [-0.2, 0) is 0 Å². The average Bonchev–Trinajstić information content (AvgIpc) is 2.04. The summed E-state index contributed by atoms with van der Waals surface area (Å²) < 4.78 is 0. The molecule has 1 saturated carbocycles. The second kappa shape index (κ2) is 3.73. The van der Waals surface area contributed by atoms with Crippen LogP contribution in [0.3, 0.4) is 0 Å². The average molecular weight is 152 g/mol. The van der Waals surface area contributed by atoms with Gasteiger partial charge in [0.15, 0.2) is 0 Å². The normalized spacial score (nSPS) is 31.8. The fourth-order valence-electron chi connectivity index (χ4n) is 1.84. The third-order valence-electron chi connectivity index (χ3n) is 2.52. The highest BCUT2D eigenvalue weighted by atomic mass is 15.1. The van der Waals surface area contributed by atoms with E-state index in [0.717, 1.165) is 6.42 Å². The third-order valence-corrected chi connectivity index (χ3v) is 2.52. The van der Waals surface area contributed by atoms with Gasteiger partial charge in [-0.3, -0.25) is 4.90 Å². The molecule has 2 heteroatoms. The first kappa shape index (κ1) is 8.55. The lowest BCUT2D eigenvalue weighted by atomic mass is 9.90. The predicted octanol–water partition coefficient (Wildman–Crippen LogP) is 1.78. The molecule has 0 heterocycles. The maximum absolute atomic E-state index is 7.02. The maximum atomic E-state index is 7.02. The zero-order chi connectivity index (χ0) is 8.27. The molecule has 0 radical (unpaired) electrons. The lowest BCUT2D eigenvalue weighted by Gasteiger charge is -2.28. The fraction of sp³-hybridized carbons (Fsp3) is 0.889. The van der Waals surface area contributed by atoms with Crippen LogP contribution in [0.5, 0.6) is 0 Å². The first-order valence-corrected chi connectivity index (χ1v) is 4.28. The molecule has 2 unspecified atom stereocenters. The van der Waals surface area contributed by atoms with Gasteiger partial charge in [0.25, 0.3) is 0 Å². The summed E-state index contributed by atoms with van der Waals surface area (Å²) in [6.07, 6.45) is 4.86. The first-order chi connectivity index (χ1) is 5.25. The highest BCUT2D eigenvalue weighted by Gasteiger charge is 2.30. The third kappa shape index (κ3) is 1.94. The lowest BCUT2D eigenvalue weighted by molar-refractivity contribution is 0.219. The largest absolute Gasteiger partial charge is 0.312 e.